The Morgan fingerprint density at radius 1 is 1.44 bits per heavy atom. The van der Waals surface area contributed by atoms with Gasteiger partial charge in [-0.15, -0.1) is 0 Å². The van der Waals surface area contributed by atoms with Crippen LogP contribution >= 0.6 is 11.6 Å². The van der Waals surface area contributed by atoms with Gasteiger partial charge in [0.15, 0.2) is 0 Å². The molecular weight excluding hydrogens is 222 g/mol. The lowest BCUT2D eigenvalue weighted by Gasteiger charge is -2.06. The molecule has 0 aliphatic rings. The average molecular weight is 230 g/mol. The monoisotopic (exact) mass is 229 g/mol. The number of nitrogens with zero attached hydrogens (tertiary/aromatic N) is 3. The third-order valence-corrected chi connectivity index (χ3v) is 2.55. The Morgan fingerprint density at radius 3 is 2.88 bits per heavy atom. The number of nitriles is 1. The molecule has 78 valence electrons. The second-order valence-corrected chi connectivity index (χ2v) is 3.67. The number of aryl methyl sites for hydroxylation is 1. The number of hydrogen-bond donors (Lipinski definition) is 0. The maximum atomic E-state index is 8.89. The fourth-order valence-electron chi connectivity index (χ4n) is 1.47. The van der Waals surface area contributed by atoms with E-state index in [1.165, 1.54) is 0 Å². The number of rotatable bonds is 1. The summed E-state index contributed by atoms with van der Waals surface area (Å²) in [5.41, 5.74) is 2.98. The van der Waals surface area contributed by atoms with E-state index in [2.05, 4.69) is 9.97 Å². The van der Waals surface area contributed by atoms with Crippen molar-refractivity contribution in [2.24, 2.45) is 0 Å². The Balaban J connectivity index is 2.63. The summed E-state index contributed by atoms with van der Waals surface area (Å²) in [4.78, 5) is 8.17. The van der Waals surface area contributed by atoms with Crippen molar-refractivity contribution in [1.82, 2.24) is 9.97 Å². The van der Waals surface area contributed by atoms with E-state index in [1.54, 1.807) is 18.5 Å². The maximum absolute atomic E-state index is 8.89. The molecule has 3 nitrogen and oxygen atoms in total. The summed E-state index contributed by atoms with van der Waals surface area (Å²) in [6.45, 7) is 1.86. The Morgan fingerprint density at radius 2 is 2.25 bits per heavy atom. The summed E-state index contributed by atoms with van der Waals surface area (Å²) < 4.78 is 0. The van der Waals surface area contributed by atoms with Crippen molar-refractivity contribution in [2.45, 2.75) is 6.92 Å². The van der Waals surface area contributed by atoms with Crippen LogP contribution in [-0.4, -0.2) is 9.97 Å². The van der Waals surface area contributed by atoms with Gasteiger partial charge in [0.2, 0.25) is 0 Å². The lowest BCUT2D eigenvalue weighted by atomic mass is 10.0. The summed E-state index contributed by atoms with van der Waals surface area (Å²) in [6.07, 6.45) is 3.44. The van der Waals surface area contributed by atoms with Crippen LogP contribution in [0.2, 0.25) is 5.15 Å². The van der Waals surface area contributed by atoms with Crippen LogP contribution in [-0.2, 0) is 0 Å². The molecule has 0 unspecified atom stereocenters. The molecule has 0 aliphatic heterocycles. The molecule has 0 spiro atoms. The SMILES string of the molecule is Cc1nc(Cl)c(C#N)cc1-c1cccnc1. The van der Waals surface area contributed by atoms with Crippen LogP contribution in [0.1, 0.15) is 11.3 Å². The van der Waals surface area contributed by atoms with Crippen LogP contribution in [0.4, 0.5) is 0 Å². The van der Waals surface area contributed by atoms with Crippen molar-refractivity contribution in [3.05, 3.63) is 47.0 Å². The van der Waals surface area contributed by atoms with Gasteiger partial charge < -0.3 is 0 Å². The van der Waals surface area contributed by atoms with Gasteiger partial charge in [-0.05, 0) is 19.1 Å². The van der Waals surface area contributed by atoms with Gasteiger partial charge in [0.05, 0.1) is 5.56 Å². The van der Waals surface area contributed by atoms with E-state index in [1.807, 2.05) is 25.1 Å². The first-order chi connectivity index (χ1) is 7.72. The molecule has 0 saturated carbocycles. The molecule has 0 aromatic carbocycles. The van der Waals surface area contributed by atoms with Gasteiger partial charge in [-0.25, -0.2) is 4.98 Å². The van der Waals surface area contributed by atoms with Crippen LogP contribution in [0.3, 0.4) is 0 Å². The number of aromatic nitrogens is 2. The summed E-state index contributed by atoms with van der Waals surface area (Å²) in [5.74, 6) is 0. The minimum atomic E-state index is 0.243. The number of hydrogen-bond acceptors (Lipinski definition) is 3. The van der Waals surface area contributed by atoms with E-state index in [9.17, 15) is 0 Å². The first kappa shape index (κ1) is 10.6. The highest BCUT2D eigenvalue weighted by Gasteiger charge is 2.08. The number of pyridine rings is 2. The third-order valence-electron chi connectivity index (χ3n) is 2.26. The topological polar surface area (TPSA) is 49.6 Å². The third kappa shape index (κ3) is 1.88. The van der Waals surface area contributed by atoms with E-state index >= 15 is 0 Å². The van der Waals surface area contributed by atoms with Crippen LogP contribution < -0.4 is 0 Å². The molecule has 0 aliphatic carbocycles. The first-order valence-corrected chi connectivity index (χ1v) is 5.08. The predicted octanol–water partition coefficient (Wildman–Crippen LogP) is 2.98. The van der Waals surface area contributed by atoms with Crippen molar-refractivity contribution < 1.29 is 0 Å². The standard InChI is InChI=1S/C12H8ClN3/c1-8-11(9-3-2-4-15-7-9)5-10(6-14)12(13)16-8/h2-5,7H,1H3. The van der Waals surface area contributed by atoms with Crippen molar-refractivity contribution in [2.75, 3.05) is 0 Å². The van der Waals surface area contributed by atoms with Crippen LogP contribution in [0.15, 0.2) is 30.6 Å². The second kappa shape index (κ2) is 4.30. The lowest BCUT2D eigenvalue weighted by Crippen LogP contribution is -1.92. The van der Waals surface area contributed by atoms with Crippen molar-refractivity contribution in [1.29, 1.82) is 5.26 Å². The molecule has 0 N–H and O–H groups in total. The molecule has 2 rings (SSSR count). The lowest BCUT2D eigenvalue weighted by molar-refractivity contribution is 1.19. The summed E-state index contributed by atoms with van der Waals surface area (Å²) in [7, 11) is 0. The van der Waals surface area contributed by atoms with Crippen molar-refractivity contribution in [3.63, 3.8) is 0 Å². The van der Waals surface area contributed by atoms with Gasteiger partial charge in [-0.2, -0.15) is 5.26 Å². The Kier molecular flexibility index (Phi) is 2.84. The highest BCUT2D eigenvalue weighted by molar-refractivity contribution is 6.30. The zero-order valence-corrected chi connectivity index (χ0v) is 9.36. The van der Waals surface area contributed by atoms with Crippen molar-refractivity contribution in [3.8, 4) is 17.2 Å². The fourth-order valence-corrected chi connectivity index (χ4v) is 1.69. The molecule has 2 aromatic heterocycles. The first-order valence-electron chi connectivity index (χ1n) is 4.70. The fraction of sp³-hybridized carbons (Fsp3) is 0.0833. The molecule has 0 amide bonds. The van der Waals surface area contributed by atoms with Gasteiger partial charge in [-0.1, -0.05) is 17.7 Å². The van der Waals surface area contributed by atoms with Gasteiger partial charge in [0, 0.05) is 29.2 Å². The molecule has 0 radical (unpaired) electrons. The summed E-state index contributed by atoms with van der Waals surface area (Å²) in [5, 5.41) is 9.13. The van der Waals surface area contributed by atoms with Crippen LogP contribution in [0, 0.1) is 18.3 Å². The highest BCUT2D eigenvalue weighted by atomic mass is 35.5. The molecule has 4 heteroatoms. The summed E-state index contributed by atoms with van der Waals surface area (Å²) in [6, 6.07) is 7.52. The smallest absolute Gasteiger partial charge is 0.147 e. The van der Waals surface area contributed by atoms with Crippen LogP contribution in [0.25, 0.3) is 11.1 Å². The zero-order valence-electron chi connectivity index (χ0n) is 8.61. The van der Waals surface area contributed by atoms with E-state index < -0.39 is 0 Å². The molecule has 0 saturated heterocycles. The normalized spacial score (nSPS) is 9.81. The predicted molar refractivity (Wildman–Crippen MR) is 61.9 cm³/mol. The summed E-state index contributed by atoms with van der Waals surface area (Å²) >= 11 is 5.84. The van der Waals surface area contributed by atoms with E-state index in [4.69, 9.17) is 16.9 Å². The molecule has 0 fully saturated rings. The van der Waals surface area contributed by atoms with Gasteiger partial charge >= 0.3 is 0 Å². The molecule has 0 bridgehead atoms. The molecular formula is C12H8ClN3. The van der Waals surface area contributed by atoms with Gasteiger partial charge in [-0.3, -0.25) is 4.98 Å². The minimum Gasteiger partial charge on any atom is -0.264 e. The molecule has 16 heavy (non-hydrogen) atoms. The van der Waals surface area contributed by atoms with E-state index in [0.29, 0.717) is 5.56 Å². The molecule has 0 atom stereocenters. The van der Waals surface area contributed by atoms with Crippen LogP contribution in [0.5, 0.6) is 0 Å². The Labute approximate surface area is 98.4 Å². The van der Waals surface area contributed by atoms with E-state index in [-0.39, 0.29) is 5.15 Å². The second-order valence-electron chi connectivity index (χ2n) is 3.31. The van der Waals surface area contributed by atoms with Gasteiger partial charge in [0.1, 0.15) is 11.2 Å². The van der Waals surface area contributed by atoms with E-state index in [0.717, 1.165) is 16.8 Å². The molecule has 2 heterocycles. The largest absolute Gasteiger partial charge is 0.264 e. The van der Waals surface area contributed by atoms with Gasteiger partial charge in [0.25, 0.3) is 0 Å². The minimum absolute atomic E-state index is 0.243. The highest BCUT2D eigenvalue weighted by Crippen LogP contribution is 2.25. The number of halogens is 1. The Hall–Kier alpha value is -1.92. The maximum Gasteiger partial charge on any atom is 0.147 e. The average Bonchev–Trinajstić information content (AvgIpc) is 2.30. The molecule has 2 aromatic rings. The Bertz CT molecular complexity index is 558. The zero-order chi connectivity index (χ0) is 11.5. The quantitative estimate of drug-likeness (QED) is 0.707. The van der Waals surface area contributed by atoms with Crippen molar-refractivity contribution >= 4 is 11.6 Å².